The quantitative estimate of drug-likeness (QED) is 0.275. The number of thioether (sulfide) groups is 1. The number of aliphatic imine (C=N–C) groups is 1. The summed E-state index contributed by atoms with van der Waals surface area (Å²) in [4.78, 5) is 16.4. The fourth-order valence-corrected chi connectivity index (χ4v) is 3.28. The highest BCUT2D eigenvalue weighted by Gasteiger charge is 2.06. The van der Waals surface area contributed by atoms with Gasteiger partial charge in [-0.15, -0.1) is 24.0 Å². The van der Waals surface area contributed by atoms with Crippen LogP contribution >= 0.6 is 35.7 Å². The van der Waals surface area contributed by atoms with E-state index in [-0.39, 0.29) is 35.7 Å². The van der Waals surface area contributed by atoms with Crippen LogP contribution in [0, 0.1) is 5.82 Å². The summed E-state index contributed by atoms with van der Waals surface area (Å²) in [7, 11) is 1.61. The van der Waals surface area contributed by atoms with Gasteiger partial charge in [-0.3, -0.25) is 4.79 Å². The number of guanidine groups is 1. The number of hydrogen-bond acceptors (Lipinski definition) is 3. The van der Waals surface area contributed by atoms with Gasteiger partial charge in [0.05, 0.1) is 6.54 Å². The molecule has 0 unspecified atom stereocenters. The Bertz CT molecular complexity index is 832. The SMILES string of the molecule is CCNC(=NCc1cccc(C(=O)NC)c1)NCc1ccc(F)cc1CSC.I. The lowest BCUT2D eigenvalue weighted by atomic mass is 10.1. The third-order valence-corrected chi connectivity index (χ3v) is 4.69. The van der Waals surface area contributed by atoms with E-state index in [1.807, 2.05) is 37.4 Å². The first kappa shape index (κ1) is 25.2. The zero-order valence-corrected chi connectivity index (χ0v) is 20.1. The number of hydrogen-bond donors (Lipinski definition) is 3. The van der Waals surface area contributed by atoms with E-state index in [4.69, 9.17) is 0 Å². The summed E-state index contributed by atoms with van der Waals surface area (Å²) in [5.74, 6) is 1.10. The van der Waals surface area contributed by atoms with Crippen LogP contribution in [-0.4, -0.2) is 31.7 Å². The van der Waals surface area contributed by atoms with Gasteiger partial charge in [0.2, 0.25) is 0 Å². The molecule has 0 aromatic heterocycles. The monoisotopic (exact) mass is 530 g/mol. The van der Waals surface area contributed by atoms with Crippen LogP contribution in [0.15, 0.2) is 47.5 Å². The van der Waals surface area contributed by atoms with Crippen molar-refractivity contribution in [2.45, 2.75) is 25.8 Å². The summed E-state index contributed by atoms with van der Waals surface area (Å²) in [6, 6.07) is 12.3. The summed E-state index contributed by atoms with van der Waals surface area (Å²) in [6.45, 7) is 3.73. The summed E-state index contributed by atoms with van der Waals surface area (Å²) >= 11 is 1.66. The van der Waals surface area contributed by atoms with Gasteiger partial charge in [-0.2, -0.15) is 11.8 Å². The topological polar surface area (TPSA) is 65.5 Å². The number of carbonyl (C=O) groups is 1. The average molecular weight is 530 g/mol. The maximum absolute atomic E-state index is 13.5. The Morgan fingerprint density at radius 1 is 1.14 bits per heavy atom. The van der Waals surface area contributed by atoms with Crippen LogP contribution in [0.1, 0.15) is 34.0 Å². The molecule has 0 saturated heterocycles. The van der Waals surface area contributed by atoms with Gasteiger partial charge in [-0.1, -0.05) is 18.2 Å². The minimum atomic E-state index is -0.218. The molecule has 0 fully saturated rings. The van der Waals surface area contributed by atoms with E-state index in [9.17, 15) is 9.18 Å². The van der Waals surface area contributed by atoms with Crippen molar-refractivity contribution in [2.24, 2.45) is 4.99 Å². The average Bonchev–Trinajstić information content (AvgIpc) is 2.71. The molecule has 29 heavy (non-hydrogen) atoms. The molecule has 0 aliphatic carbocycles. The molecule has 2 rings (SSSR count). The molecule has 8 heteroatoms. The van der Waals surface area contributed by atoms with E-state index in [0.717, 1.165) is 29.0 Å². The molecular weight excluding hydrogens is 502 g/mol. The van der Waals surface area contributed by atoms with Crippen LogP contribution in [0.3, 0.4) is 0 Å². The van der Waals surface area contributed by atoms with Crippen molar-refractivity contribution in [3.8, 4) is 0 Å². The van der Waals surface area contributed by atoms with E-state index in [1.54, 1.807) is 30.9 Å². The Morgan fingerprint density at radius 3 is 2.62 bits per heavy atom. The van der Waals surface area contributed by atoms with E-state index in [2.05, 4.69) is 20.9 Å². The molecule has 0 atom stereocenters. The molecule has 0 bridgehead atoms. The number of carbonyl (C=O) groups excluding carboxylic acids is 1. The van der Waals surface area contributed by atoms with Gasteiger partial charge < -0.3 is 16.0 Å². The molecule has 5 nitrogen and oxygen atoms in total. The van der Waals surface area contributed by atoms with Crippen molar-refractivity contribution >= 4 is 47.6 Å². The van der Waals surface area contributed by atoms with Crippen LogP contribution in [0.5, 0.6) is 0 Å². The number of halogens is 2. The molecule has 0 radical (unpaired) electrons. The maximum atomic E-state index is 13.5. The lowest BCUT2D eigenvalue weighted by Gasteiger charge is -2.14. The van der Waals surface area contributed by atoms with Gasteiger partial charge in [0.15, 0.2) is 5.96 Å². The second-order valence-corrected chi connectivity index (χ2v) is 7.04. The molecule has 1 amide bonds. The van der Waals surface area contributed by atoms with E-state index in [1.165, 1.54) is 6.07 Å². The first-order valence-electron chi connectivity index (χ1n) is 9.16. The zero-order valence-electron chi connectivity index (χ0n) is 16.9. The standard InChI is InChI=1S/C21H27FN4OS.HI/c1-4-24-21(25-12-15-6-5-7-16(10-15)20(27)23-2)26-13-17-8-9-19(22)11-18(17)14-28-3;/h5-11H,4,12-14H2,1-3H3,(H,23,27)(H2,24,25,26);1H. The Hall–Kier alpha value is -1.81. The molecule has 158 valence electrons. The number of rotatable bonds is 8. The van der Waals surface area contributed by atoms with Crippen molar-refractivity contribution in [1.29, 1.82) is 0 Å². The first-order valence-corrected chi connectivity index (χ1v) is 10.6. The van der Waals surface area contributed by atoms with Crippen LogP contribution in [0.25, 0.3) is 0 Å². The van der Waals surface area contributed by atoms with E-state index >= 15 is 0 Å². The van der Waals surface area contributed by atoms with Crippen molar-refractivity contribution in [2.75, 3.05) is 19.8 Å². The number of nitrogens with one attached hydrogen (secondary N) is 3. The largest absolute Gasteiger partial charge is 0.357 e. The normalized spacial score (nSPS) is 10.8. The lowest BCUT2D eigenvalue weighted by Crippen LogP contribution is -2.37. The molecule has 0 spiro atoms. The molecular formula is C21H28FIN4OS. The Morgan fingerprint density at radius 2 is 1.93 bits per heavy atom. The maximum Gasteiger partial charge on any atom is 0.251 e. The Kier molecular flexibility index (Phi) is 11.7. The minimum absolute atomic E-state index is 0. The molecule has 0 aliphatic heterocycles. The molecule has 0 heterocycles. The molecule has 2 aromatic rings. The first-order chi connectivity index (χ1) is 13.6. The fourth-order valence-electron chi connectivity index (χ4n) is 2.70. The highest BCUT2D eigenvalue weighted by molar-refractivity contribution is 14.0. The van der Waals surface area contributed by atoms with Crippen LogP contribution in [0.4, 0.5) is 4.39 Å². The molecule has 2 aromatic carbocycles. The van der Waals surface area contributed by atoms with E-state index < -0.39 is 0 Å². The van der Waals surface area contributed by atoms with Gasteiger partial charge in [-0.25, -0.2) is 9.38 Å². The smallest absolute Gasteiger partial charge is 0.251 e. The second-order valence-electron chi connectivity index (χ2n) is 6.17. The van der Waals surface area contributed by atoms with Gasteiger partial charge in [-0.05, 0) is 54.1 Å². The van der Waals surface area contributed by atoms with Crippen molar-refractivity contribution in [1.82, 2.24) is 16.0 Å². The number of benzene rings is 2. The highest BCUT2D eigenvalue weighted by atomic mass is 127. The number of nitrogens with zero attached hydrogens (tertiary/aromatic N) is 1. The van der Waals surface area contributed by atoms with Crippen molar-refractivity contribution in [3.05, 3.63) is 70.5 Å². The van der Waals surface area contributed by atoms with Gasteiger partial charge in [0.1, 0.15) is 5.82 Å². The molecule has 0 aliphatic rings. The molecule has 0 saturated carbocycles. The molecule has 3 N–H and O–H groups in total. The van der Waals surface area contributed by atoms with Crippen molar-refractivity contribution < 1.29 is 9.18 Å². The van der Waals surface area contributed by atoms with E-state index in [0.29, 0.717) is 24.6 Å². The summed E-state index contributed by atoms with van der Waals surface area (Å²) in [5, 5.41) is 9.14. The predicted octanol–water partition coefficient (Wildman–Crippen LogP) is 3.92. The second kappa shape index (κ2) is 13.4. The Labute approximate surface area is 193 Å². The van der Waals surface area contributed by atoms with Crippen LogP contribution < -0.4 is 16.0 Å². The minimum Gasteiger partial charge on any atom is -0.357 e. The zero-order chi connectivity index (χ0) is 20.4. The number of amides is 1. The van der Waals surface area contributed by atoms with Gasteiger partial charge in [0, 0.05) is 31.5 Å². The predicted molar refractivity (Wildman–Crippen MR) is 131 cm³/mol. The summed E-state index contributed by atoms with van der Waals surface area (Å²) in [6.07, 6.45) is 2.00. The fraction of sp³-hybridized carbons (Fsp3) is 0.333. The highest BCUT2D eigenvalue weighted by Crippen LogP contribution is 2.16. The third kappa shape index (κ3) is 8.22. The summed E-state index contributed by atoms with van der Waals surface area (Å²) in [5.41, 5.74) is 3.58. The van der Waals surface area contributed by atoms with Crippen molar-refractivity contribution in [3.63, 3.8) is 0 Å². The third-order valence-electron chi connectivity index (χ3n) is 4.09. The van der Waals surface area contributed by atoms with Gasteiger partial charge in [0.25, 0.3) is 5.91 Å². The van der Waals surface area contributed by atoms with Crippen LogP contribution in [-0.2, 0) is 18.8 Å². The van der Waals surface area contributed by atoms with Gasteiger partial charge >= 0.3 is 0 Å². The Balaban J connectivity index is 0.00000420. The lowest BCUT2D eigenvalue weighted by molar-refractivity contribution is 0.0963. The summed E-state index contributed by atoms with van der Waals surface area (Å²) < 4.78 is 13.5. The van der Waals surface area contributed by atoms with Crippen LogP contribution in [0.2, 0.25) is 0 Å².